The van der Waals surface area contributed by atoms with Crippen LogP contribution in [0.15, 0.2) is 133 Å². The van der Waals surface area contributed by atoms with Gasteiger partial charge in [-0.1, -0.05) is 121 Å². The summed E-state index contributed by atoms with van der Waals surface area (Å²) in [4.78, 5) is 0. The summed E-state index contributed by atoms with van der Waals surface area (Å²) in [5.74, 6) is -0.949. The van der Waals surface area contributed by atoms with E-state index in [4.69, 9.17) is 23.7 Å². The number of benzene rings is 5. The standard InChI is InChI=1S/C40H40O8/c41-32-21-33(42)36(34(43)22-32)38-40(47-26-31-19-11-4-12-20-31)39(46-25-30-17-9-3-10-18-30)37(45-24-29-15-7-2-8-16-29)35(48-38)27-44-23-28-13-5-1-6-14-28/h1-22,35,37-43H,23-27H2/t35-,37-,38+,39+,40+/m1/s1. The Morgan fingerprint density at radius 2 is 0.875 bits per heavy atom. The zero-order valence-corrected chi connectivity index (χ0v) is 26.5. The maximum atomic E-state index is 11.1. The van der Waals surface area contributed by atoms with E-state index >= 15 is 0 Å². The molecule has 6 rings (SSSR count). The Morgan fingerprint density at radius 1 is 0.479 bits per heavy atom. The fourth-order valence-electron chi connectivity index (χ4n) is 5.92. The zero-order chi connectivity index (χ0) is 33.1. The van der Waals surface area contributed by atoms with Crippen LogP contribution < -0.4 is 0 Å². The van der Waals surface area contributed by atoms with Crippen LogP contribution in [0.4, 0.5) is 0 Å². The maximum Gasteiger partial charge on any atom is 0.128 e. The van der Waals surface area contributed by atoms with Gasteiger partial charge in [-0.05, 0) is 22.3 Å². The Labute approximate surface area is 280 Å². The molecule has 0 amide bonds. The van der Waals surface area contributed by atoms with Gasteiger partial charge >= 0.3 is 0 Å². The molecule has 1 fully saturated rings. The molecule has 0 aromatic heterocycles. The van der Waals surface area contributed by atoms with E-state index in [2.05, 4.69) is 0 Å². The lowest BCUT2D eigenvalue weighted by molar-refractivity contribution is -0.275. The summed E-state index contributed by atoms with van der Waals surface area (Å²) in [7, 11) is 0. The van der Waals surface area contributed by atoms with Crippen molar-refractivity contribution in [2.45, 2.75) is 56.9 Å². The highest BCUT2D eigenvalue weighted by Gasteiger charge is 2.50. The molecule has 3 N–H and O–H groups in total. The number of hydrogen-bond donors (Lipinski definition) is 3. The molecular formula is C40H40O8. The molecule has 0 aliphatic carbocycles. The van der Waals surface area contributed by atoms with E-state index in [1.54, 1.807) is 0 Å². The first-order valence-electron chi connectivity index (χ1n) is 16.0. The van der Waals surface area contributed by atoms with Crippen LogP contribution in [0, 0.1) is 0 Å². The van der Waals surface area contributed by atoms with Crippen LogP contribution in [0.1, 0.15) is 33.9 Å². The van der Waals surface area contributed by atoms with Crippen molar-refractivity contribution in [1.29, 1.82) is 0 Å². The second-order valence-electron chi connectivity index (χ2n) is 11.8. The lowest BCUT2D eigenvalue weighted by atomic mass is 9.89. The molecule has 5 aromatic carbocycles. The van der Waals surface area contributed by atoms with E-state index in [1.807, 2.05) is 121 Å². The van der Waals surface area contributed by atoms with Crippen LogP contribution in [0.2, 0.25) is 0 Å². The van der Waals surface area contributed by atoms with Crippen molar-refractivity contribution in [3.05, 3.63) is 161 Å². The van der Waals surface area contributed by atoms with Gasteiger partial charge in [0.1, 0.15) is 47.8 Å². The Balaban J connectivity index is 1.38. The predicted octanol–water partition coefficient (Wildman–Crippen LogP) is 7.22. The largest absolute Gasteiger partial charge is 0.508 e. The monoisotopic (exact) mass is 648 g/mol. The van der Waals surface area contributed by atoms with Crippen LogP contribution in [-0.4, -0.2) is 46.3 Å². The maximum absolute atomic E-state index is 11.1. The fraction of sp³-hybridized carbons (Fsp3) is 0.250. The van der Waals surface area contributed by atoms with Gasteiger partial charge in [0.25, 0.3) is 0 Å². The number of aromatic hydroxyl groups is 3. The van der Waals surface area contributed by atoms with Crippen molar-refractivity contribution in [1.82, 2.24) is 0 Å². The molecule has 1 aliphatic heterocycles. The van der Waals surface area contributed by atoms with Crippen LogP contribution in [0.25, 0.3) is 0 Å². The average Bonchev–Trinajstić information content (AvgIpc) is 3.11. The summed E-state index contributed by atoms with van der Waals surface area (Å²) in [6.07, 6.45) is -4.00. The summed E-state index contributed by atoms with van der Waals surface area (Å²) in [5, 5.41) is 32.3. The molecule has 0 unspecified atom stereocenters. The molecule has 0 spiro atoms. The van der Waals surface area contributed by atoms with E-state index in [0.29, 0.717) is 6.61 Å². The molecule has 0 saturated carbocycles. The summed E-state index contributed by atoms with van der Waals surface area (Å²) in [5.41, 5.74) is 3.93. The summed E-state index contributed by atoms with van der Waals surface area (Å²) in [6, 6.07) is 41.5. The molecule has 5 aromatic rings. The van der Waals surface area contributed by atoms with Gasteiger partial charge in [-0.25, -0.2) is 0 Å². The minimum absolute atomic E-state index is 0.0775. The quantitative estimate of drug-likeness (QED) is 0.116. The summed E-state index contributed by atoms with van der Waals surface area (Å²) in [6.45, 7) is 1.20. The average molecular weight is 649 g/mol. The van der Waals surface area contributed by atoms with Gasteiger partial charge < -0.3 is 39.0 Å². The number of hydrogen-bond acceptors (Lipinski definition) is 8. The number of phenols is 3. The lowest BCUT2D eigenvalue weighted by Gasteiger charge is -2.46. The van der Waals surface area contributed by atoms with Gasteiger partial charge in [0.2, 0.25) is 0 Å². The van der Waals surface area contributed by atoms with E-state index in [1.165, 1.54) is 12.1 Å². The number of rotatable bonds is 14. The van der Waals surface area contributed by atoms with E-state index in [-0.39, 0.29) is 49.2 Å². The lowest BCUT2D eigenvalue weighted by Crippen LogP contribution is -2.58. The molecule has 1 heterocycles. The van der Waals surface area contributed by atoms with E-state index in [9.17, 15) is 15.3 Å². The zero-order valence-electron chi connectivity index (χ0n) is 26.5. The highest BCUT2D eigenvalue weighted by molar-refractivity contribution is 5.50. The van der Waals surface area contributed by atoms with Gasteiger partial charge in [-0.2, -0.15) is 0 Å². The Morgan fingerprint density at radius 3 is 1.33 bits per heavy atom. The Hall–Kier alpha value is -4.70. The third-order valence-corrected chi connectivity index (χ3v) is 8.29. The fourth-order valence-corrected chi connectivity index (χ4v) is 5.92. The molecule has 248 valence electrons. The molecule has 5 atom stereocenters. The highest BCUT2D eigenvalue weighted by Crippen LogP contribution is 2.46. The Kier molecular flexibility index (Phi) is 11.4. The molecular weight excluding hydrogens is 608 g/mol. The smallest absolute Gasteiger partial charge is 0.128 e. The first-order valence-corrected chi connectivity index (χ1v) is 16.0. The van der Waals surface area contributed by atoms with Crippen molar-refractivity contribution < 1.29 is 39.0 Å². The van der Waals surface area contributed by atoms with Gasteiger partial charge in [-0.15, -0.1) is 0 Å². The van der Waals surface area contributed by atoms with Crippen molar-refractivity contribution in [2.75, 3.05) is 6.61 Å². The van der Waals surface area contributed by atoms with E-state index < -0.39 is 30.5 Å². The van der Waals surface area contributed by atoms with Crippen molar-refractivity contribution in [2.24, 2.45) is 0 Å². The molecule has 0 bridgehead atoms. The Bertz CT molecular complexity index is 1660. The second-order valence-corrected chi connectivity index (χ2v) is 11.8. The minimum atomic E-state index is -1.02. The predicted molar refractivity (Wildman–Crippen MR) is 180 cm³/mol. The first kappa shape index (κ1) is 33.2. The minimum Gasteiger partial charge on any atom is -0.508 e. The van der Waals surface area contributed by atoms with Crippen molar-refractivity contribution in [3.63, 3.8) is 0 Å². The van der Waals surface area contributed by atoms with Crippen molar-refractivity contribution >= 4 is 0 Å². The van der Waals surface area contributed by atoms with Gasteiger partial charge in [0.15, 0.2) is 0 Å². The van der Waals surface area contributed by atoms with Crippen LogP contribution in [0.3, 0.4) is 0 Å². The molecule has 1 saturated heterocycles. The van der Waals surface area contributed by atoms with Gasteiger partial charge in [0.05, 0.1) is 38.6 Å². The van der Waals surface area contributed by atoms with E-state index in [0.717, 1.165) is 22.3 Å². The first-order chi connectivity index (χ1) is 23.5. The van der Waals surface area contributed by atoms with Gasteiger partial charge in [0, 0.05) is 12.1 Å². The molecule has 8 nitrogen and oxygen atoms in total. The summed E-state index contributed by atoms with van der Waals surface area (Å²) >= 11 is 0. The second kappa shape index (κ2) is 16.4. The SMILES string of the molecule is Oc1cc(O)c([C@@H]2O[C@H](COCc3ccccc3)[C@@H](OCc3ccccc3)[C@H](OCc3ccccc3)[C@H]2OCc2ccccc2)c(O)c1. The molecule has 1 aliphatic rings. The van der Waals surface area contributed by atoms with Crippen LogP contribution >= 0.6 is 0 Å². The van der Waals surface area contributed by atoms with Crippen molar-refractivity contribution in [3.8, 4) is 17.2 Å². The number of ether oxygens (including phenoxy) is 5. The highest BCUT2D eigenvalue weighted by atomic mass is 16.6. The summed E-state index contributed by atoms with van der Waals surface area (Å²) < 4.78 is 33.0. The third kappa shape index (κ3) is 8.60. The number of phenolic OH excluding ortho intramolecular Hbond substituents is 3. The molecule has 48 heavy (non-hydrogen) atoms. The third-order valence-electron chi connectivity index (χ3n) is 8.29. The topological polar surface area (TPSA) is 107 Å². The van der Waals surface area contributed by atoms with Crippen LogP contribution in [-0.2, 0) is 50.1 Å². The normalized spacial score (nSPS) is 20.8. The molecule has 8 heteroatoms. The molecule has 0 radical (unpaired) electrons. The van der Waals surface area contributed by atoms with Crippen LogP contribution in [0.5, 0.6) is 17.2 Å². The van der Waals surface area contributed by atoms with Gasteiger partial charge in [-0.3, -0.25) is 0 Å².